The van der Waals surface area contributed by atoms with Crippen LogP contribution in [0.15, 0.2) is 61.2 Å². The molecule has 0 amide bonds. The van der Waals surface area contributed by atoms with Gasteiger partial charge in [-0.3, -0.25) is 0 Å². The van der Waals surface area contributed by atoms with Crippen molar-refractivity contribution in [1.29, 1.82) is 0 Å². The van der Waals surface area contributed by atoms with Crippen LogP contribution in [-0.2, 0) is 0 Å². The summed E-state index contributed by atoms with van der Waals surface area (Å²) in [5.41, 5.74) is 4.52. The molecule has 0 unspecified atom stereocenters. The van der Waals surface area contributed by atoms with E-state index in [9.17, 15) is 0 Å². The molecule has 2 aromatic carbocycles. The van der Waals surface area contributed by atoms with Crippen molar-refractivity contribution in [1.82, 2.24) is 4.98 Å². The average Bonchev–Trinajstić information content (AvgIpc) is 2.43. The summed E-state index contributed by atoms with van der Waals surface area (Å²) in [5.74, 6) is 0. The Labute approximate surface area is 112 Å². The molecule has 0 atom stereocenters. The molecule has 0 spiro atoms. The molecular formula is C18H15N. The van der Waals surface area contributed by atoms with Gasteiger partial charge >= 0.3 is 0 Å². The van der Waals surface area contributed by atoms with Crippen molar-refractivity contribution < 1.29 is 0 Å². The normalized spacial score (nSPS) is 11.4. The number of hydrogen-bond donors (Lipinski definition) is 0. The number of pyridine rings is 1. The molecule has 0 saturated carbocycles. The Morgan fingerprint density at radius 3 is 2.68 bits per heavy atom. The van der Waals surface area contributed by atoms with Crippen LogP contribution in [0.5, 0.6) is 0 Å². The summed E-state index contributed by atoms with van der Waals surface area (Å²) in [4.78, 5) is 4.73. The Hall–Kier alpha value is -2.41. The number of nitrogens with zero attached hydrogens (tertiary/aromatic N) is 1. The molecule has 0 aliphatic rings. The van der Waals surface area contributed by atoms with Gasteiger partial charge in [0.1, 0.15) is 0 Å². The molecule has 1 heteroatoms. The molecule has 19 heavy (non-hydrogen) atoms. The lowest BCUT2D eigenvalue weighted by atomic mass is 10.0. The van der Waals surface area contributed by atoms with E-state index in [0.29, 0.717) is 0 Å². The summed E-state index contributed by atoms with van der Waals surface area (Å²) in [6, 6.07) is 14.7. The van der Waals surface area contributed by atoms with Gasteiger partial charge in [0.25, 0.3) is 0 Å². The number of allylic oxidation sites excluding steroid dienone is 2. The van der Waals surface area contributed by atoms with E-state index in [1.807, 2.05) is 24.3 Å². The first kappa shape index (κ1) is 11.7. The minimum absolute atomic E-state index is 1.04. The van der Waals surface area contributed by atoms with Crippen LogP contribution >= 0.6 is 0 Å². The van der Waals surface area contributed by atoms with Gasteiger partial charge < -0.3 is 0 Å². The Balaban J connectivity index is 2.29. The standard InChI is InChI=1S/C18H15N/c1-3-4-7-14-12-18-16(10-13(14)2)11-15-8-5-6-9-17(15)19-18/h3-12H,1H2,2H3/b7-4-. The van der Waals surface area contributed by atoms with Crippen LogP contribution in [0.2, 0.25) is 0 Å². The lowest BCUT2D eigenvalue weighted by Crippen LogP contribution is -1.86. The fourth-order valence-electron chi connectivity index (χ4n) is 2.31. The lowest BCUT2D eigenvalue weighted by molar-refractivity contribution is 1.43. The fraction of sp³-hybridized carbons (Fsp3) is 0.0556. The van der Waals surface area contributed by atoms with Crippen LogP contribution in [0.25, 0.3) is 27.9 Å². The van der Waals surface area contributed by atoms with Gasteiger partial charge in [-0.1, -0.05) is 43.0 Å². The van der Waals surface area contributed by atoms with E-state index in [4.69, 9.17) is 4.98 Å². The highest BCUT2D eigenvalue weighted by Crippen LogP contribution is 2.23. The number of aromatic nitrogens is 1. The minimum Gasteiger partial charge on any atom is -0.248 e. The first-order valence-electron chi connectivity index (χ1n) is 6.37. The van der Waals surface area contributed by atoms with Gasteiger partial charge in [-0.2, -0.15) is 0 Å². The number of aryl methyl sites for hydroxylation is 1. The van der Waals surface area contributed by atoms with Crippen LogP contribution in [0, 0.1) is 6.92 Å². The van der Waals surface area contributed by atoms with Gasteiger partial charge in [0.15, 0.2) is 0 Å². The van der Waals surface area contributed by atoms with Crippen molar-refractivity contribution in [3.63, 3.8) is 0 Å². The zero-order chi connectivity index (χ0) is 13.2. The molecule has 0 aliphatic carbocycles. The Kier molecular flexibility index (Phi) is 2.88. The molecule has 0 aliphatic heterocycles. The minimum atomic E-state index is 1.04. The molecule has 3 rings (SSSR count). The smallest absolute Gasteiger partial charge is 0.0715 e. The van der Waals surface area contributed by atoms with Gasteiger partial charge in [0.2, 0.25) is 0 Å². The largest absolute Gasteiger partial charge is 0.248 e. The van der Waals surface area contributed by atoms with Crippen molar-refractivity contribution in [3.8, 4) is 0 Å². The number of hydrogen-bond acceptors (Lipinski definition) is 1. The summed E-state index contributed by atoms with van der Waals surface area (Å²) in [6.45, 7) is 5.83. The number of benzene rings is 2. The predicted octanol–water partition coefficient (Wildman–Crippen LogP) is 4.90. The Morgan fingerprint density at radius 1 is 1.00 bits per heavy atom. The highest BCUT2D eigenvalue weighted by atomic mass is 14.7. The van der Waals surface area contributed by atoms with Gasteiger partial charge in [-0.25, -0.2) is 4.98 Å². The van der Waals surface area contributed by atoms with Crippen LogP contribution in [-0.4, -0.2) is 4.98 Å². The third kappa shape index (κ3) is 2.15. The second kappa shape index (κ2) is 4.69. The molecule has 1 heterocycles. The van der Waals surface area contributed by atoms with Crippen molar-refractivity contribution in [2.45, 2.75) is 6.92 Å². The molecule has 0 N–H and O–H groups in total. The molecule has 0 fully saturated rings. The topological polar surface area (TPSA) is 12.9 Å². The summed E-state index contributed by atoms with van der Waals surface area (Å²) in [7, 11) is 0. The third-order valence-corrected chi connectivity index (χ3v) is 3.32. The average molecular weight is 245 g/mol. The van der Waals surface area contributed by atoms with Gasteiger partial charge in [-0.05, 0) is 42.3 Å². The van der Waals surface area contributed by atoms with Gasteiger partial charge in [-0.15, -0.1) is 0 Å². The molecule has 3 aromatic rings. The van der Waals surface area contributed by atoms with E-state index in [-0.39, 0.29) is 0 Å². The van der Waals surface area contributed by atoms with E-state index in [2.05, 4.69) is 43.8 Å². The van der Waals surface area contributed by atoms with Crippen LogP contribution in [0.1, 0.15) is 11.1 Å². The first-order chi connectivity index (χ1) is 9.28. The Morgan fingerprint density at radius 2 is 1.84 bits per heavy atom. The van der Waals surface area contributed by atoms with Gasteiger partial charge in [0.05, 0.1) is 11.0 Å². The SMILES string of the molecule is C=C/C=C\c1cc2nc3ccccc3cc2cc1C. The second-order valence-corrected chi connectivity index (χ2v) is 4.68. The maximum absolute atomic E-state index is 4.73. The fourth-order valence-corrected chi connectivity index (χ4v) is 2.31. The summed E-state index contributed by atoms with van der Waals surface area (Å²) >= 11 is 0. The molecule has 0 saturated heterocycles. The zero-order valence-electron chi connectivity index (χ0n) is 10.9. The Bertz CT molecular complexity index is 797. The molecular weight excluding hydrogens is 230 g/mol. The highest BCUT2D eigenvalue weighted by molar-refractivity contribution is 5.94. The first-order valence-corrected chi connectivity index (χ1v) is 6.37. The zero-order valence-corrected chi connectivity index (χ0v) is 10.9. The molecule has 92 valence electrons. The number of para-hydroxylation sites is 1. The van der Waals surface area contributed by atoms with E-state index in [1.165, 1.54) is 21.9 Å². The van der Waals surface area contributed by atoms with Crippen LogP contribution in [0.4, 0.5) is 0 Å². The second-order valence-electron chi connectivity index (χ2n) is 4.68. The summed E-state index contributed by atoms with van der Waals surface area (Å²) < 4.78 is 0. The van der Waals surface area contributed by atoms with Crippen molar-refractivity contribution in [3.05, 3.63) is 72.3 Å². The molecule has 1 nitrogen and oxygen atoms in total. The van der Waals surface area contributed by atoms with E-state index < -0.39 is 0 Å². The molecule has 0 bridgehead atoms. The molecule has 1 aromatic heterocycles. The summed E-state index contributed by atoms with van der Waals surface area (Å²) in [6.07, 6.45) is 5.81. The maximum atomic E-state index is 4.73. The summed E-state index contributed by atoms with van der Waals surface area (Å²) in [5, 5.41) is 2.37. The van der Waals surface area contributed by atoms with Crippen LogP contribution < -0.4 is 0 Å². The van der Waals surface area contributed by atoms with E-state index >= 15 is 0 Å². The third-order valence-electron chi connectivity index (χ3n) is 3.32. The lowest BCUT2D eigenvalue weighted by Gasteiger charge is -2.06. The highest BCUT2D eigenvalue weighted by Gasteiger charge is 2.02. The van der Waals surface area contributed by atoms with E-state index in [0.717, 1.165) is 11.0 Å². The van der Waals surface area contributed by atoms with Crippen molar-refractivity contribution in [2.24, 2.45) is 0 Å². The molecule has 0 radical (unpaired) electrons. The van der Waals surface area contributed by atoms with E-state index in [1.54, 1.807) is 6.08 Å². The predicted molar refractivity (Wildman–Crippen MR) is 83.2 cm³/mol. The number of fused-ring (bicyclic) bond motifs is 2. The van der Waals surface area contributed by atoms with Crippen LogP contribution in [0.3, 0.4) is 0 Å². The number of rotatable bonds is 2. The maximum Gasteiger partial charge on any atom is 0.0715 e. The van der Waals surface area contributed by atoms with Crippen molar-refractivity contribution >= 4 is 27.9 Å². The van der Waals surface area contributed by atoms with Crippen molar-refractivity contribution in [2.75, 3.05) is 0 Å². The monoisotopic (exact) mass is 245 g/mol. The quantitative estimate of drug-likeness (QED) is 0.462. The van der Waals surface area contributed by atoms with Gasteiger partial charge in [0, 0.05) is 10.8 Å².